The summed E-state index contributed by atoms with van der Waals surface area (Å²) in [4.78, 5) is 26.9. The van der Waals surface area contributed by atoms with Crippen molar-refractivity contribution in [2.45, 2.75) is 57.9 Å². The Morgan fingerprint density at radius 3 is 2.71 bits per heavy atom. The molecule has 1 saturated heterocycles. The van der Waals surface area contributed by atoms with E-state index in [1.54, 1.807) is 12.4 Å². The summed E-state index contributed by atoms with van der Waals surface area (Å²) in [5.41, 5.74) is 3.79. The summed E-state index contributed by atoms with van der Waals surface area (Å²) >= 11 is 0. The molecule has 2 aliphatic carbocycles. The second kappa shape index (κ2) is 10.7. The van der Waals surface area contributed by atoms with Crippen molar-refractivity contribution in [2.75, 3.05) is 23.7 Å². The van der Waals surface area contributed by atoms with E-state index in [0.29, 0.717) is 23.3 Å². The number of carbonyl (C=O) groups excluding carboxylic acids is 1. The molecule has 1 spiro atoms. The summed E-state index contributed by atoms with van der Waals surface area (Å²) in [6.07, 6.45) is 11.6. The van der Waals surface area contributed by atoms with E-state index in [0.717, 1.165) is 77.8 Å². The number of fused-ring (bicyclic) bond motifs is 1. The number of hydrogen-bond acceptors (Lipinski definition) is 7. The SMILES string of the molecule is Cc1ccc2c(NC(=O)C3CC4(CCC4)C3)cccc2c1Oc1ncccc1-c1ccnc(NC2CCCNC2)n1. The molecule has 8 heteroatoms. The highest BCUT2D eigenvalue weighted by Crippen LogP contribution is 2.58. The monoisotopic (exact) mass is 548 g/mol. The van der Waals surface area contributed by atoms with Crippen molar-refractivity contribution in [3.05, 3.63) is 66.5 Å². The molecule has 2 aromatic heterocycles. The number of anilines is 2. The van der Waals surface area contributed by atoms with Crippen molar-refractivity contribution in [1.82, 2.24) is 20.3 Å². The highest BCUT2D eigenvalue weighted by atomic mass is 16.5. The van der Waals surface area contributed by atoms with Gasteiger partial charge in [0.1, 0.15) is 5.75 Å². The zero-order valence-corrected chi connectivity index (χ0v) is 23.5. The van der Waals surface area contributed by atoms with E-state index in [1.165, 1.54) is 19.3 Å². The zero-order chi connectivity index (χ0) is 27.8. The second-order valence-electron chi connectivity index (χ2n) is 12.0. The average Bonchev–Trinajstić information content (AvgIpc) is 2.94. The Balaban J connectivity index is 1.15. The molecule has 0 bridgehead atoms. The lowest BCUT2D eigenvalue weighted by Gasteiger charge is -2.53. The predicted octanol–water partition coefficient (Wildman–Crippen LogP) is 6.48. The summed E-state index contributed by atoms with van der Waals surface area (Å²) in [6.45, 7) is 3.98. The molecule has 0 radical (unpaired) electrons. The number of pyridine rings is 1. The lowest BCUT2D eigenvalue weighted by atomic mass is 9.51. The van der Waals surface area contributed by atoms with Gasteiger partial charge in [-0.3, -0.25) is 4.79 Å². The predicted molar refractivity (Wildman–Crippen MR) is 161 cm³/mol. The first-order valence-corrected chi connectivity index (χ1v) is 14.8. The van der Waals surface area contributed by atoms with E-state index in [1.807, 2.05) is 49.4 Å². The fourth-order valence-electron chi connectivity index (χ4n) is 6.67. The molecule has 2 aromatic carbocycles. The van der Waals surface area contributed by atoms with Gasteiger partial charge in [-0.15, -0.1) is 0 Å². The number of nitrogens with one attached hydrogen (secondary N) is 3. The summed E-state index contributed by atoms with van der Waals surface area (Å²) < 4.78 is 6.57. The molecule has 3 heterocycles. The summed E-state index contributed by atoms with van der Waals surface area (Å²) in [6, 6.07) is 16.1. The molecule has 1 aliphatic heterocycles. The third-order valence-electron chi connectivity index (χ3n) is 9.14. The molecule has 3 fully saturated rings. The van der Waals surface area contributed by atoms with Crippen molar-refractivity contribution in [3.8, 4) is 22.9 Å². The van der Waals surface area contributed by atoms with Crippen LogP contribution in [0.15, 0.2) is 60.9 Å². The van der Waals surface area contributed by atoms with E-state index in [9.17, 15) is 4.79 Å². The van der Waals surface area contributed by atoms with Crippen LogP contribution in [0.25, 0.3) is 22.0 Å². The molecular weight excluding hydrogens is 512 g/mol. The molecular formula is C33H36N6O2. The number of hydrogen-bond donors (Lipinski definition) is 3. The highest BCUT2D eigenvalue weighted by molar-refractivity contribution is 6.05. The van der Waals surface area contributed by atoms with Gasteiger partial charge < -0.3 is 20.7 Å². The van der Waals surface area contributed by atoms with Gasteiger partial charge in [0, 0.05) is 47.4 Å². The Labute approximate surface area is 240 Å². The van der Waals surface area contributed by atoms with Gasteiger partial charge in [-0.1, -0.05) is 30.7 Å². The maximum Gasteiger partial charge on any atom is 0.228 e. The van der Waals surface area contributed by atoms with Crippen LogP contribution in [0.4, 0.5) is 11.6 Å². The number of nitrogens with zero attached hydrogens (tertiary/aromatic N) is 3. The molecule has 1 amide bonds. The molecule has 3 N–H and O–H groups in total. The quantitative estimate of drug-likeness (QED) is 0.243. The van der Waals surface area contributed by atoms with Gasteiger partial charge >= 0.3 is 0 Å². The number of ether oxygens (including phenoxy) is 1. The Bertz CT molecular complexity index is 1590. The van der Waals surface area contributed by atoms with Crippen LogP contribution in [0.5, 0.6) is 11.6 Å². The number of piperidine rings is 1. The zero-order valence-electron chi connectivity index (χ0n) is 23.5. The van der Waals surface area contributed by atoms with Crippen LogP contribution < -0.4 is 20.7 Å². The fourth-order valence-corrected chi connectivity index (χ4v) is 6.67. The van der Waals surface area contributed by atoms with Crippen LogP contribution in [-0.2, 0) is 4.79 Å². The van der Waals surface area contributed by atoms with Crippen molar-refractivity contribution < 1.29 is 9.53 Å². The van der Waals surface area contributed by atoms with Crippen molar-refractivity contribution in [1.29, 1.82) is 0 Å². The lowest BCUT2D eigenvalue weighted by molar-refractivity contribution is -0.131. The molecule has 7 rings (SSSR count). The molecule has 210 valence electrons. The first kappa shape index (κ1) is 25.9. The van der Waals surface area contributed by atoms with Gasteiger partial charge in [0.15, 0.2) is 0 Å². The molecule has 1 atom stereocenters. The minimum atomic E-state index is 0.115. The maximum absolute atomic E-state index is 13.1. The van der Waals surface area contributed by atoms with Crippen LogP contribution >= 0.6 is 0 Å². The molecule has 2 saturated carbocycles. The van der Waals surface area contributed by atoms with Gasteiger partial charge in [0.05, 0.1) is 11.3 Å². The molecule has 4 aromatic rings. The Kier molecular flexibility index (Phi) is 6.79. The van der Waals surface area contributed by atoms with E-state index in [2.05, 4.69) is 32.0 Å². The normalized spacial score (nSPS) is 19.8. The topological polar surface area (TPSA) is 101 Å². The van der Waals surface area contributed by atoms with Crippen LogP contribution in [0.1, 0.15) is 50.5 Å². The second-order valence-corrected chi connectivity index (χ2v) is 12.0. The summed E-state index contributed by atoms with van der Waals surface area (Å²) in [5.74, 6) is 2.03. The number of aromatic nitrogens is 3. The standard InChI is InChI=1S/C33H36N6O2/c1-21-10-11-24-25(7-2-9-27(24)38-30(40)22-18-33(19-22)13-5-14-33)29(21)41-31-26(8-4-16-35-31)28-12-17-36-32(39-28)37-23-6-3-15-34-20-23/h2,4,7-12,16-17,22-23,34H,3,5-6,13-15,18-20H2,1H3,(H,38,40)(H,36,37,39). The van der Waals surface area contributed by atoms with E-state index in [4.69, 9.17) is 9.72 Å². The molecule has 41 heavy (non-hydrogen) atoms. The number of aryl methyl sites for hydroxylation is 1. The van der Waals surface area contributed by atoms with Crippen LogP contribution in [-0.4, -0.2) is 40.0 Å². The van der Waals surface area contributed by atoms with E-state index >= 15 is 0 Å². The molecule has 3 aliphatic rings. The number of rotatable bonds is 7. The van der Waals surface area contributed by atoms with Gasteiger partial charge in [0.2, 0.25) is 17.7 Å². The number of amides is 1. The first-order chi connectivity index (χ1) is 20.1. The minimum Gasteiger partial charge on any atom is -0.437 e. The van der Waals surface area contributed by atoms with Crippen LogP contribution in [0.3, 0.4) is 0 Å². The van der Waals surface area contributed by atoms with E-state index in [-0.39, 0.29) is 11.8 Å². The fraction of sp³-hybridized carbons (Fsp3) is 0.394. The Morgan fingerprint density at radius 1 is 1.00 bits per heavy atom. The summed E-state index contributed by atoms with van der Waals surface area (Å²) in [7, 11) is 0. The first-order valence-electron chi connectivity index (χ1n) is 14.8. The number of carbonyl (C=O) groups is 1. The number of benzene rings is 2. The van der Waals surface area contributed by atoms with Gasteiger partial charge in [-0.2, -0.15) is 0 Å². The van der Waals surface area contributed by atoms with Gasteiger partial charge in [-0.25, -0.2) is 15.0 Å². The van der Waals surface area contributed by atoms with Crippen molar-refractivity contribution >= 4 is 28.3 Å². The third kappa shape index (κ3) is 5.12. The van der Waals surface area contributed by atoms with Gasteiger partial charge in [-0.05, 0) is 87.2 Å². The molecule has 1 unspecified atom stereocenters. The highest BCUT2D eigenvalue weighted by Gasteiger charge is 2.50. The van der Waals surface area contributed by atoms with Gasteiger partial charge in [0.25, 0.3) is 0 Å². The van der Waals surface area contributed by atoms with Crippen molar-refractivity contribution in [2.24, 2.45) is 11.3 Å². The Morgan fingerprint density at radius 2 is 1.90 bits per heavy atom. The minimum absolute atomic E-state index is 0.115. The third-order valence-corrected chi connectivity index (χ3v) is 9.14. The largest absolute Gasteiger partial charge is 0.437 e. The van der Waals surface area contributed by atoms with Crippen LogP contribution in [0.2, 0.25) is 0 Å². The van der Waals surface area contributed by atoms with Crippen molar-refractivity contribution in [3.63, 3.8) is 0 Å². The Hall–Kier alpha value is -4.04. The average molecular weight is 549 g/mol. The lowest BCUT2D eigenvalue weighted by Crippen LogP contribution is -2.47. The molecule has 8 nitrogen and oxygen atoms in total. The van der Waals surface area contributed by atoms with E-state index < -0.39 is 0 Å². The smallest absolute Gasteiger partial charge is 0.228 e. The maximum atomic E-state index is 13.1. The van der Waals surface area contributed by atoms with Crippen LogP contribution in [0, 0.1) is 18.3 Å². The summed E-state index contributed by atoms with van der Waals surface area (Å²) in [5, 5.41) is 12.0.